The van der Waals surface area contributed by atoms with Crippen molar-refractivity contribution >= 4 is 27.3 Å². The lowest BCUT2D eigenvalue weighted by Crippen LogP contribution is -2.12. The Morgan fingerprint density at radius 2 is 1.95 bits per heavy atom. The van der Waals surface area contributed by atoms with E-state index < -0.39 is 0 Å². The summed E-state index contributed by atoms with van der Waals surface area (Å²) in [6.45, 7) is 3.45. The number of hydrogen-bond donors (Lipinski definition) is 1. The van der Waals surface area contributed by atoms with Gasteiger partial charge in [-0.15, -0.1) is 0 Å². The van der Waals surface area contributed by atoms with E-state index in [4.69, 9.17) is 4.74 Å². The Morgan fingerprint density at radius 1 is 1.14 bits per heavy atom. The third kappa shape index (κ3) is 4.39. The summed E-state index contributed by atoms with van der Waals surface area (Å²) in [4.78, 5) is 2.10. The molecule has 0 atom stereocenters. The van der Waals surface area contributed by atoms with Gasteiger partial charge in [0.15, 0.2) is 0 Å². The molecule has 0 aliphatic rings. The van der Waals surface area contributed by atoms with E-state index in [9.17, 15) is 0 Å². The van der Waals surface area contributed by atoms with Gasteiger partial charge in [-0.2, -0.15) is 0 Å². The number of nitrogens with one attached hydrogen (secondary N) is 1. The molecule has 0 fully saturated rings. The van der Waals surface area contributed by atoms with Crippen molar-refractivity contribution in [1.29, 1.82) is 0 Å². The van der Waals surface area contributed by atoms with Crippen LogP contribution in [0.2, 0.25) is 0 Å². The lowest BCUT2D eigenvalue weighted by atomic mass is 10.2. The number of ether oxygens (including phenoxy) is 1. The summed E-state index contributed by atoms with van der Waals surface area (Å²) < 4.78 is 6.60. The molecule has 112 valence electrons. The molecule has 1 N–H and O–H groups in total. The van der Waals surface area contributed by atoms with Crippen LogP contribution in [0.15, 0.2) is 46.9 Å². The second kappa shape index (κ2) is 7.36. The van der Waals surface area contributed by atoms with E-state index in [0.717, 1.165) is 22.5 Å². The van der Waals surface area contributed by atoms with Crippen molar-refractivity contribution in [3.8, 4) is 5.75 Å². The maximum absolute atomic E-state index is 5.54. The quantitative estimate of drug-likeness (QED) is 0.830. The van der Waals surface area contributed by atoms with E-state index in [1.165, 1.54) is 11.3 Å². The molecule has 0 heterocycles. The maximum Gasteiger partial charge on any atom is 0.119 e. The number of rotatable bonds is 6. The normalized spacial score (nSPS) is 10.3. The van der Waals surface area contributed by atoms with E-state index >= 15 is 0 Å². The fourth-order valence-electron chi connectivity index (χ4n) is 2.15. The molecule has 2 aromatic rings. The Morgan fingerprint density at radius 3 is 2.67 bits per heavy atom. The molecule has 0 saturated heterocycles. The van der Waals surface area contributed by atoms with Crippen molar-refractivity contribution in [3.05, 3.63) is 52.5 Å². The van der Waals surface area contributed by atoms with Crippen LogP contribution in [0.25, 0.3) is 0 Å². The average molecular weight is 349 g/mol. The van der Waals surface area contributed by atoms with Crippen molar-refractivity contribution in [2.24, 2.45) is 0 Å². The number of halogens is 1. The van der Waals surface area contributed by atoms with Crippen LogP contribution in [0.5, 0.6) is 5.75 Å². The molecule has 0 saturated carbocycles. The molecule has 0 bridgehead atoms. The average Bonchev–Trinajstić information content (AvgIpc) is 2.45. The molecule has 2 aromatic carbocycles. The lowest BCUT2D eigenvalue weighted by molar-refractivity contribution is 0.340. The summed E-state index contributed by atoms with van der Waals surface area (Å²) in [5.41, 5.74) is 3.47. The Bertz CT molecular complexity index is 599. The van der Waals surface area contributed by atoms with Crippen molar-refractivity contribution in [2.45, 2.75) is 13.5 Å². The van der Waals surface area contributed by atoms with Crippen molar-refractivity contribution in [3.63, 3.8) is 0 Å². The van der Waals surface area contributed by atoms with Gasteiger partial charge in [0, 0.05) is 25.1 Å². The fraction of sp³-hybridized carbons (Fsp3) is 0.294. The maximum atomic E-state index is 5.54. The predicted octanol–water partition coefficient (Wildman–Crippen LogP) is 4.53. The van der Waals surface area contributed by atoms with Crippen LogP contribution in [0.1, 0.15) is 12.5 Å². The molecule has 0 unspecified atom stereocenters. The molecule has 3 nitrogen and oxygen atoms in total. The fourth-order valence-corrected chi connectivity index (χ4v) is 2.51. The van der Waals surface area contributed by atoms with E-state index in [-0.39, 0.29) is 0 Å². The summed E-state index contributed by atoms with van der Waals surface area (Å²) in [5.74, 6) is 0.916. The number of anilines is 2. The third-order valence-corrected chi connectivity index (χ3v) is 3.63. The molecule has 0 aliphatic carbocycles. The van der Waals surface area contributed by atoms with Gasteiger partial charge in [0.1, 0.15) is 5.75 Å². The second-order valence-corrected chi connectivity index (χ2v) is 5.91. The molecular formula is C17H21BrN2O. The second-order valence-electron chi connectivity index (χ2n) is 4.99. The minimum absolute atomic E-state index is 0.688. The van der Waals surface area contributed by atoms with Crippen LogP contribution >= 0.6 is 15.9 Å². The highest BCUT2D eigenvalue weighted by Gasteiger charge is 2.05. The van der Waals surface area contributed by atoms with E-state index in [2.05, 4.69) is 56.5 Å². The zero-order chi connectivity index (χ0) is 15.2. The Kier molecular flexibility index (Phi) is 5.51. The van der Waals surface area contributed by atoms with Gasteiger partial charge in [0.2, 0.25) is 0 Å². The Labute approximate surface area is 135 Å². The van der Waals surface area contributed by atoms with Gasteiger partial charge in [-0.1, -0.05) is 28.1 Å². The standard InChI is InChI=1S/C17H21BrN2O/c1-4-21-15-7-5-6-13(10-15)12-19-16-11-14(18)8-9-17(16)20(2)3/h5-11,19H,4,12H2,1-3H3. The smallest absolute Gasteiger partial charge is 0.119 e. The monoisotopic (exact) mass is 348 g/mol. The van der Waals surface area contributed by atoms with Crippen LogP contribution in [0, 0.1) is 0 Å². The summed E-state index contributed by atoms with van der Waals surface area (Å²) in [6.07, 6.45) is 0. The van der Waals surface area contributed by atoms with Crippen LogP contribution in [-0.4, -0.2) is 20.7 Å². The largest absolute Gasteiger partial charge is 0.494 e. The topological polar surface area (TPSA) is 24.5 Å². The number of nitrogens with zero attached hydrogens (tertiary/aromatic N) is 1. The van der Waals surface area contributed by atoms with Gasteiger partial charge in [0.25, 0.3) is 0 Å². The van der Waals surface area contributed by atoms with Crippen LogP contribution in [0.4, 0.5) is 11.4 Å². The van der Waals surface area contributed by atoms with Gasteiger partial charge in [0.05, 0.1) is 18.0 Å². The molecule has 0 aromatic heterocycles. The van der Waals surface area contributed by atoms with Crippen LogP contribution in [0.3, 0.4) is 0 Å². The van der Waals surface area contributed by atoms with Crippen LogP contribution in [-0.2, 0) is 6.54 Å². The SMILES string of the molecule is CCOc1cccc(CNc2cc(Br)ccc2N(C)C)c1. The molecule has 4 heteroatoms. The number of hydrogen-bond acceptors (Lipinski definition) is 3. The minimum Gasteiger partial charge on any atom is -0.494 e. The summed E-state index contributed by atoms with van der Waals surface area (Å²) in [5, 5.41) is 3.49. The first-order valence-corrected chi connectivity index (χ1v) is 7.82. The zero-order valence-corrected chi connectivity index (χ0v) is 14.3. The van der Waals surface area contributed by atoms with Gasteiger partial charge in [-0.25, -0.2) is 0 Å². The molecular weight excluding hydrogens is 328 g/mol. The lowest BCUT2D eigenvalue weighted by Gasteiger charge is -2.19. The molecule has 0 amide bonds. The van der Waals surface area contributed by atoms with E-state index in [1.807, 2.05) is 33.2 Å². The highest BCUT2D eigenvalue weighted by Crippen LogP contribution is 2.28. The van der Waals surface area contributed by atoms with Gasteiger partial charge >= 0.3 is 0 Å². The summed E-state index contributed by atoms with van der Waals surface area (Å²) in [7, 11) is 4.09. The molecule has 0 aliphatic heterocycles. The number of benzene rings is 2. The van der Waals surface area contributed by atoms with Crippen molar-refractivity contribution in [1.82, 2.24) is 0 Å². The van der Waals surface area contributed by atoms with Crippen molar-refractivity contribution < 1.29 is 4.74 Å². The first kappa shape index (κ1) is 15.7. The van der Waals surface area contributed by atoms with Gasteiger partial charge < -0.3 is 15.0 Å². The molecule has 0 radical (unpaired) electrons. The van der Waals surface area contributed by atoms with Crippen molar-refractivity contribution in [2.75, 3.05) is 30.9 Å². The van der Waals surface area contributed by atoms with E-state index in [0.29, 0.717) is 6.61 Å². The highest BCUT2D eigenvalue weighted by atomic mass is 79.9. The Balaban J connectivity index is 2.12. The molecule has 0 spiro atoms. The molecule has 2 rings (SSSR count). The predicted molar refractivity (Wildman–Crippen MR) is 93.4 cm³/mol. The van der Waals surface area contributed by atoms with Gasteiger partial charge in [-0.3, -0.25) is 0 Å². The Hall–Kier alpha value is -1.68. The van der Waals surface area contributed by atoms with Gasteiger partial charge in [-0.05, 0) is 42.8 Å². The first-order valence-electron chi connectivity index (χ1n) is 7.02. The first-order chi connectivity index (χ1) is 10.1. The zero-order valence-electron chi connectivity index (χ0n) is 12.7. The summed E-state index contributed by atoms with van der Waals surface area (Å²) in [6, 6.07) is 14.4. The molecule has 21 heavy (non-hydrogen) atoms. The van der Waals surface area contributed by atoms with E-state index in [1.54, 1.807) is 0 Å². The summed E-state index contributed by atoms with van der Waals surface area (Å²) >= 11 is 3.53. The highest BCUT2D eigenvalue weighted by molar-refractivity contribution is 9.10. The van der Waals surface area contributed by atoms with Crippen LogP contribution < -0.4 is 15.0 Å². The third-order valence-electron chi connectivity index (χ3n) is 3.13. The minimum atomic E-state index is 0.688.